The van der Waals surface area contributed by atoms with Gasteiger partial charge in [-0.25, -0.2) is 0 Å². The summed E-state index contributed by atoms with van der Waals surface area (Å²) in [5, 5.41) is 30.8. The summed E-state index contributed by atoms with van der Waals surface area (Å²) in [6.45, 7) is 2.45. The van der Waals surface area contributed by atoms with Crippen molar-refractivity contribution in [2.24, 2.45) is 0 Å². The van der Waals surface area contributed by atoms with Crippen molar-refractivity contribution in [3.05, 3.63) is 65.2 Å². The average molecular weight is 343 g/mol. The van der Waals surface area contributed by atoms with Gasteiger partial charge in [-0.3, -0.25) is 4.90 Å². The zero-order valence-corrected chi connectivity index (χ0v) is 14.4. The van der Waals surface area contributed by atoms with E-state index in [9.17, 15) is 15.3 Å². The third-order valence-corrected chi connectivity index (χ3v) is 4.99. The lowest BCUT2D eigenvalue weighted by Crippen LogP contribution is -2.42. The second-order valence-corrected chi connectivity index (χ2v) is 6.65. The second kappa shape index (κ2) is 7.54. The van der Waals surface area contributed by atoms with Crippen molar-refractivity contribution in [3.8, 4) is 5.75 Å². The molecule has 2 aromatic carbocycles. The van der Waals surface area contributed by atoms with Crippen molar-refractivity contribution in [2.75, 3.05) is 20.2 Å². The SMILES string of the molecule is COC(O)c1cc(C2(O)CCN(Cc3ccccc3)CC2)ccc1O. The number of hydrogen-bond acceptors (Lipinski definition) is 5. The topological polar surface area (TPSA) is 73.2 Å². The van der Waals surface area contributed by atoms with E-state index in [1.807, 2.05) is 18.2 Å². The molecular formula is C20H25NO4. The number of aromatic hydroxyl groups is 1. The summed E-state index contributed by atoms with van der Waals surface area (Å²) in [6, 6.07) is 15.2. The molecule has 0 spiro atoms. The van der Waals surface area contributed by atoms with Gasteiger partial charge in [-0.2, -0.15) is 0 Å². The number of aliphatic hydroxyl groups excluding tert-OH is 1. The fourth-order valence-electron chi connectivity index (χ4n) is 3.38. The lowest BCUT2D eigenvalue weighted by atomic mass is 9.83. The van der Waals surface area contributed by atoms with Crippen molar-refractivity contribution >= 4 is 0 Å². The van der Waals surface area contributed by atoms with Gasteiger partial charge in [0, 0.05) is 32.3 Å². The Hall–Kier alpha value is -1.92. The fourth-order valence-corrected chi connectivity index (χ4v) is 3.38. The molecule has 0 aromatic heterocycles. The quantitative estimate of drug-likeness (QED) is 0.728. The first kappa shape index (κ1) is 17.9. The molecule has 3 N–H and O–H groups in total. The van der Waals surface area contributed by atoms with E-state index in [0.717, 1.165) is 19.6 Å². The third kappa shape index (κ3) is 4.02. The predicted molar refractivity (Wildman–Crippen MR) is 94.9 cm³/mol. The molecule has 0 aliphatic carbocycles. The Morgan fingerprint density at radius 3 is 2.44 bits per heavy atom. The van der Waals surface area contributed by atoms with Crippen LogP contribution in [0.3, 0.4) is 0 Å². The number of ether oxygens (including phenoxy) is 1. The number of hydrogen-bond donors (Lipinski definition) is 3. The molecule has 5 nitrogen and oxygen atoms in total. The van der Waals surface area contributed by atoms with E-state index in [-0.39, 0.29) is 11.3 Å². The molecule has 1 saturated heterocycles. The highest BCUT2D eigenvalue weighted by Gasteiger charge is 2.34. The van der Waals surface area contributed by atoms with Gasteiger partial charge in [-0.05, 0) is 36.1 Å². The van der Waals surface area contributed by atoms with Crippen molar-refractivity contribution < 1.29 is 20.1 Å². The zero-order valence-electron chi connectivity index (χ0n) is 14.4. The van der Waals surface area contributed by atoms with E-state index >= 15 is 0 Å². The van der Waals surface area contributed by atoms with Gasteiger partial charge in [-0.15, -0.1) is 0 Å². The molecule has 1 aliphatic heterocycles. The van der Waals surface area contributed by atoms with E-state index in [2.05, 4.69) is 17.0 Å². The molecule has 2 aromatic rings. The van der Waals surface area contributed by atoms with Crippen LogP contribution in [0.2, 0.25) is 0 Å². The van der Waals surface area contributed by atoms with Crippen LogP contribution in [0.1, 0.15) is 35.8 Å². The van der Waals surface area contributed by atoms with E-state index in [1.54, 1.807) is 12.1 Å². The van der Waals surface area contributed by atoms with E-state index < -0.39 is 11.9 Å². The summed E-state index contributed by atoms with van der Waals surface area (Å²) in [4.78, 5) is 2.33. The second-order valence-electron chi connectivity index (χ2n) is 6.65. The maximum Gasteiger partial charge on any atom is 0.184 e. The molecule has 1 heterocycles. The summed E-state index contributed by atoms with van der Waals surface area (Å²) in [6.07, 6.45) is 0.00184. The first-order valence-electron chi connectivity index (χ1n) is 8.55. The van der Waals surface area contributed by atoms with Crippen LogP contribution < -0.4 is 0 Å². The molecule has 0 saturated carbocycles. The maximum atomic E-state index is 11.1. The van der Waals surface area contributed by atoms with Gasteiger partial charge in [0.15, 0.2) is 6.29 Å². The van der Waals surface area contributed by atoms with Gasteiger partial charge < -0.3 is 20.1 Å². The van der Waals surface area contributed by atoms with Crippen LogP contribution in [0.25, 0.3) is 0 Å². The molecule has 1 fully saturated rings. The molecule has 0 bridgehead atoms. The van der Waals surface area contributed by atoms with Crippen LogP contribution in [0.5, 0.6) is 5.75 Å². The first-order chi connectivity index (χ1) is 12.0. The Bertz CT molecular complexity index is 696. The highest BCUT2D eigenvalue weighted by atomic mass is 16.6. The van der Waals surface area contributed by atoms with E-state index in [4.69, 9.17) is 4.74 Å². The Labute approximate surface area is 148 Å². The molecule has 0 radical (unpaired) electrons. The number of rotatable bonds is 5. The van der Waals surface area contributed by atoms with Crippen LogP contribution in [0.15, 0.2) is 48.5 Å². The smallest absolute Gasteiger partial charge is 0.184 e. The lowest BCUT2D eigenvalue weighted by molar-refractivity contribution is -0.0785. The summed E-state index contributed by atoms with van der Waals surface area (Å²) in [5.74, 6) is -0.0387. The number of benzene rings is 2. The molecule has 5 heteroatoms. The van der Waals surface area contributed by atoms with Crippen LogP contribution >= 0.6 is 0 Å². The Balaban J connectivity index is 1.70. The van der Waals surface area contributed by atoms with Crippen molar-refractivity contribution in [2.45, 2.75) is 31.3 Å². The maximum absolute atomic E-state index is 11.1. The number of nitrogens with zero attached hydrogens (tertiary/aromatic N) is 1. The number of phenols is 1. The molecular weight excluding hydrogens is 318 g/mol. The van der Waals surface area contributed by atoms with Crippen molar-refractivity contribution in [1.29, 1.82) is 0 Å². The first-order valence-corrected chi connectivity index (χ1v) is 8.55. The van der Waals surface area contributed by atoms with Crippen LogP contribution in [-0.4, -0.2) is 40.4 Å². The minimum atomic E-state index is -1.21. The Morgan fingerprint density at radius 1 is 1.12 bits per heavy atom. The standard InChI is InChI=1S/C20H25NO4/c1-25-19(23)17-13-16(7-8-18(17)22)20(24)9-11-21(12-10-20)14-15-5-3-2-4-6-15/h2-8,13,19,22-24H,9-12,14H2,1H3. The highest BCUT2D eigenvalue weighted by molar-refractivity contribution is 5.39. The van der Waals surface area contributed by atoms with Crippen LogP contribution in [0.4, 0.5) is 0 Å². The molecule has 1 aliphatic rings. The summed E-state index contributed by atoms with van der Waals surface area (Å²) in [5.41, 5.74) is 1.29. The van der Waals surface area contributed by atoms with Gasteiger partial charge in [0.1, 0.15) is 5.75 Å². The van der Waals surface area contributed by atoms with Crippen LogP contribution in [0, 0.1) is 0 Å². The summed E-state index contributed by atoms with van der Waals surface area (Å²) >= 11 is 0. The third-order valence-electron chi connectivity index (χ3n) is 4.99. The Kier molecular flexibility index (Phi) is 5.39. The highest BCUT2D eigenvalue weighted by Crippen LogP contribution is 2.36. The number of aliphatic hydroxyl groups is 2. The van der Waals surface area contributed by atoms with Crippen molar-refractivity contribution in [1.82, 2.24) is 4.90 Å². The molecule has 1 unspecified atom stereocenters. The zero-order chi connectivity index (χ0) is 17.9. The number of phenolic OH excluding ortho intramolecular Hbond substituents is 1. The molecule has 1 atom stereocenters. The predicted octanol–water partition coefficient (Wildman–Crippen LogP) is 2.51. The average Bonchev–Trinajstić information content (AvgIpc) is 2.64. The molecule has 3 rings (SSSR count). The summed E-state index contributed by atoms with van der Waals surface area (Å²) in [7, 11) is 1.37. The summed E-state index contributed by atoms with van der Waals surface area (Å²) < 4.78 is 4.88. The number of piperidine rings is 1. The molecule has 134 valence electrons. The van der Waals surface area contributed by atoms with Gasteiger partial charge >= 0.3 is 0 Å². The minimum absolute atomic E-state index is 0.0387. The van der Waals surface area contributed by atoms with E-state index in [0.29, 0.717) is 18.4 Å². The van der Waals surface area contributed by atoms with Gasteiger partial charge in [0.05, 0.1) is 5.60 Å². The Morgan fingerprint density at radius 2 is 1.80 bits per heavy atom. The monoisotopic (exact) mass is 343 g/mol. The number of methoxy groups -OCH3 is 1. The van der Waals surface area contributed by atoms with Gasteiger partial charge in [-0.1, -0.05) is 36.4 Å². The van der Waals surface area contributed by atoms with Crippen LogP contribution in [-0.2, 0) is 16.9 Å². The molecule has 25 heavy (non-hydrogen) atoms. The number of likely N-dealkylation sites (tertiary alicyclic amines) is 1. The normalized spacial score (nSPS) is 18.8. The fraction of sp³-hybridized carbons (Fsp3) is 0.400. The lowest BCUT2D eigenvalue weighted by Gasteiger charge is -2.39. The molecule has 0 amide bonds. The van der Waals surface area contributed by atoms with E-state index in [1.165, 1.54) is 18.7 Å². The van der Waals surface area contributed by atoms with Gasteiger partial charge in [0.25, 0.3) is 0 Å². The van der Waals surface area contributed by atoms with Gasteiger partial charge in [0.2, 0.25) is 0 Å². The minimum Gasteiger partial charge on any atom is -0.507 e. The largest absolute Gasteiger partial charge is 0.507 e. The van der Waals surface area contributed by atoms with Crippen molar-refractivity contribution in [3.63, 3.8) is 0 Å².